The van der Waals surface area contributed by atoms with Crippen molar-refractivity contribution in [1.29, 1.82) is 0 Å². The van der Waals surface area contributed by atoms with E-state index < -0.39 is 4.92 Å². The van der Waals surface area contributed by atoms with E-state index in [9.17, 15) is 10.1 Å². The molecule has 0 saturated carbocycles. The maximum absolute atomic E-state index is 11.2. The van der Waals surface area contributed by atoms with Gasteiger partial charge in [-0.1, -0.05) is 18.2 Å². The minimum Gasteiger partial charge on any atom is -0.262 e. The molecule has 0 amide bonds. The molecule has 0 saturated heterocycles. The van der Waals surface area contributed by atoms with Gasteiger partial charge >= 0.3 is 0 Å². The summed E-state index contributed by atoms with van der Waals surface area (Å²) in [6.07, 6.45) is 6.63. The van der Waals surface area contributed by atoms with Crippen LogP contribution in [0.4, 0.5) is 11.4 Å². The molecule has 0 spiro atoms. The highest BCUT2D eigenvalue weighted by atomic mass is 32.1. The maximum Gasteiger partial charge on any atom is 0.270 e. The van der Waals surface area contributed by atoms with Gasteiger partial charge in [0.05, 0.1) is 34.4 Å². The fourth-order valence-electron chi connectivity index (χ4n) is 2.57. The predicted octanol–water partition coefficient (Wildman–Crippen LogP) is 4.03. The van der Waals surface area contributed by atoms with Gasteiger partial charge < -0.3 is 0 Å². The molecule has 0 unspecified atom stereocenters. The van der Waals surface area contributed by atoms with Crippen molar-refractivity contribution < 1.29 is 4.92 Å². The number of non-ortho nitro benzene ring substituents is 1. The number of rotatable bonds is 5. The molecule has 4 rings (SSSR count). The summed E-state index contributed by atoms with van der Waals surface area (Å²) in [5.41, 5.74) is 2.74. The summed E-state index contributed by atoms with van der Waals surface area (Å²) in [5, 5.41) is 17.6. The van der Waals surface area contributed by atoms with Gasteiger partial charge in [-0.2, -0.15) is 5.10 Å². The molecule has 142 valence electrons. The van der Waals surface area contributed by atoms with Crippen LogP contribution in [0, 0.1) is 10.1 Å². The minimum absolute atomic E-state index is 0.0136. The standard InChI is InChI=1S/C20H14N6O2S/c27-26(28)18-8-3-5-15(11-18)19-14-29-20(24-17-7-4-9-21-12-17)25(19)23-13-16-6-1-2-10-22-16/h1-14H. The molecule has 0 N–H and O–H groups in total. The number of nitro benzene ring substituents is 1. The highest BCUT2D eigenvalue weighted by molar-refractivity contribution is 7.07. The third kappa shape index (κ3) is 4.30. The highest BCUT2D eigenvalue weighted by Crippen LogP contribution is 2.24. The van der Waals surface area contributed by atoms with E-state index in [-0.39, 0.29) is 5.69 Å². The van der Waals surface area contributed by atoms with Crippen LogP contribution < -0.4 is 4.80 Å². The number of nitrogens with zero attached hydrogens (tertiary/aromatic N) is 6. The lowest BCUT2D eigenvalue weighted by Crippen LogP contribution is -2.11. The molecule has 0 atom stereocenters. The van der Waals surface area contributed by atoms with Crippen LogP contribution in [0.25, 0.3) is 11.3 Å². The molecule has 0 fully saturated rings. The average molecular weight is 402 g/mol. The van der Waals surface area contributed by atoms with Gasteiger partial charge in [0.15, 0.2) is 0 Å². The van der Waals surface area contributed by atoms with Crippen molar-refractivity contribution in [1.82, 2.24) is 14.6 Å². The lowest BCUT2D eigenvalue weighted by Gasteiger charge is -2.03. The van der Waals surface area contributed by atoms with E-state index in [1.165, 1.54) is 23.5 Å². The van der Waals surface area contributed by atoms with Crippen LogP contribution in [-0.2, 0) is 0 Å². The minimum atomic E-state index is -0.418. The number of hydrogen-bond acceptors (Lipinski definition) is 7. The Hall–Kier alpha value is -3.98. The molecule has 0 aliphatic carbocycles. The predicted molar refractivity (Wildman–Crippen MR) is 111 cm³/mol. The van der Waals surface area contributed by atoms with E-state index in [0.29, 0.717) is 27.4 Å². The summed E-state index contributed by atoms with van der Waals surface area (Å²) in [6.45, 7) is 0. The van der Waals surface area contributed by atoms with Gasteiger partial charge in [0.1, 0.15) is 0 Å². The quantitative estimate of drug-likeness (QED) is 0.286. The molecule has 9 heteroatoms. The van der Waals surface area contributed by atoms with Gasteiger partial charge in [-0.25, -0.2) is 9.67 Å². The zero-order chi connectivity index (χ0) is 20.1. The third-order valence-corrected chi connectivity index (χ3v) is 4.72. The number of pyridine rings is 2. The fourth-order valence-corrected chi connectivity index (χ4v) is 3.42. The smallest absolute Gasteiger partial charge is 0.262 e. The van der Waals surface area contributed by atoms with Crippen LogP contribution in [0.3, 0.4) is 0 Å². The number of nitro groups is 1. The molecule has 1 aromatic carbocycles. The maximum atomic E-state index is 11.2. The lowest BCUT2D eigenvalue weighted by atomic mass is 10.1. The zero-order valence-electron chi connectivity index (χ0n) is 15.0. The summed E-state index contributed by atoms with van der Waals surface area (Å²) in [4.78, 5) is 24.3. The Morgan fingerprint density at radius 2 is 2.03 bits per heavy atom. The third-order valence-electron chi connectivity index (χ3n) is 3.90. The van der Waals surface area contributed by atoms with Crippen molar-refractivity contribution in [2.24, 2.45) is 10.1 Å². The highest BCUT2D eigenvalue weighted by Gasteiger charge is 2.12. The first kappa shape index (κ1) is 18.4. The SMILES string of the molecule is O=[N+]([O-])c1cccc(-c2csc(=Nc3cccnc3)n2N=Cc2ccccn2)c1. The van der Waals surface area contributed by atoms with Crippen molar-refractivity contribution in [3.63, 3.8) is 0 Å². The van der Waals surface area contributed by atoms with E-state index in [1.54, 1.807) is 47.7 Å². The van der Waals surface area contributed by atoms with E-state index >= 15 is 0 Å². The normalized spacial score (nSPS) is 11.8. The van der Waals surface area contributed by atoms with Gasteiger partial charge in [-0.05, 0) is 24.3 Å². The molecule has 29 heavy (non-hydrogen) atoms. The van der Waals surface area contributed by atoms with Crippen LogP contribution in [0.2, 0.25) is 0 Å². The van der Waals surface area contributed by atoms with Crippen molar-refractivity contribution in [2.75, 3.05) is 0 Å². The van der Waals surface area contributed by atoms with Crippen LogP contribution in [-0.4, -0.2) is 25.8 Å². The van der Waals surface area contributed by atoms with Crippen molar-refractivity contribution in [3.05, 3.63) is 99.2 Å². The lowest BCUT2D eigenvalue weighted by molar-refractivity contribution is -0.384. The molecule has 3 aromatic heterocycles. The van der Waals surface area contributed by atoms with Gasteiger partial charge in [0, 0.05) is 35.5 Å². The monoisotopic (exact) mass is 402 g/mol. The number of benzene rings is 1. The van der Waals surface area contributed by atoms with Crippen LogP contribution in [0.1, 0.15) is 5.69 Å². The van der Waals surface area contributed by atoms with Crippen LogP contribution >= 0.6 is 11.3 Å². The Morgan fingerprint density at radius 1 is 1.10 bits per heavy atom. The van der Waals surface area contributed by atoms with E-state index in [4.69, 9.17) is 0 Å². The number of thiazole rings is 1. The summed E-state index contributed by atoms with van der Waals surface area (Å²) < 4.78 is 1.64. The molecule has 3 heterocycles. The Bertz CT molecular complexity index is 1230. The van der Waals surface area contributed by atoms with E-state index in [2.05, 4.69) is 20.1 Å². The average Bonchev–Trinajstić information content (AvgIpc) is 3.16. The second-order valence-corrected chi connectivity index (χ2v) is 6.68. The van der Waals surface area contributed by atoms with Crippen LogP contribution in [0.15, 0.2) is 88.7 Å². The summed E-state index contributed by atoms with van der Waals surface area (Å²) in [6, 6.07) is 15.6. The number of hydrogen-bond donors (Lipinski definition) is 0. The molecule has 0 bridgehead atoms. The number of aromatic nitrogens is 3. The van der Waals surface area contributed by atoms with E-state index in [1.807, 2.05) is 29.6 Å². The molecule has 4 aromatic rings. The summed E-state index contributed by atoms with van der Waals surface area (Å²) in [7, 11) is 0. The molecular weight excluding hydrogens is 388 g/mol. The fraction of sp³-hybridized carbons (Fsp3) is 0. The topological polar surface area (TPSA) is 98.6 Å². The van der Waals surface area contributed by atoms with Crippen molar-refractivity contribution >= 4 is 28.9 Å². The summed E-state index contributed by atoms with van der Waals surface area (Å²) >= 11 is 1.38. The second-order valence-electron chi connectivity index (χ2n) is 5.84. The zero-order valence-corrected chi connectivity index (χ0v) is 15.8. The summed E-state index contributed by atoms with van der Waals surface area (Å²) in [5.74, 6) is 0. The molecule has 8 nitrogen and oxygen atoms in total. The first-order chi connectivity index (χ1) is 14.2. The molecule has 0 aliphatic heterocycles. The van der Waals surface area contributed by atoms with Crippen molar-refractivity contribution in [3.8, 4) is 11.3 Å². The van der Waals surface area contributed by atoms with Crippen LogP contribution in [0.5, 0.6) is 0 Å². The molecule has 0 radical (unpaired) electrons. The van der Waals surface area contributed by atoms with Gasteiger partial charge in [-0.15, -0.1) is 11.3 Å². The van der Waals surface area contributed by atoms with Gasteiger partial charge in [0.25, 0.3) is 5.69 Å². The van der Waals surface area contributed by atoms with E-state index in [0.717, 1.165) is 0 Å². The molecular formula is C20H14N6O2S. The second kappa shape index (κ2) is 8.36. The Morgan fingerprint density at radius 3 is 2.79 bits per heavy atom. The Balaban J connectivity index is 1.86. The molecule has 0 aliphatic rings. The first-order valence-electron chi connectivity index (χ1n) is 8.56. The Kier molecular flexibility index (Phi) is 5.30. The van der Waals surface area contributed by atoms with Crippen molar-refractivity contribution in [2.45, 2.75) is 0 Å². The van der Waals surface area contributed by atoms with Gasteiger partial charge in [-0.3, -0.25) is 20.1 Å². The first-order valence-corrected chi connectivity index (χ1v) is 9.44. The Labute approximate surface area is 169 Å². The van der Waals surface area contributed by atoms with Gasteiger partial charge in [0.2, 0.25) is 4.80 Å². The largest absolute Gasteiger partial charge is 0.270 e.